The average molecular weight is 352 g/mol. The van der Waals surface area contributed by atoms with Gasteiger partial charge in [-0.15, -0.1) is 11.8 Å². The Balaban J connectivity index is 1.76. The molecule has 0 radical (unpaired) electrons. The maximum Gasteiger partial charge on any atom is 0.132 e. The molecule has 24 heavy (non-hydrogen) atoms. The topological polar surface area (TPSA) is 41.9 Å². The molecule has 0 aromatic heterocycles. The normalized spacial score (nSPS) is 27.6. The van der Waals surface area contributed by atoms with Crippen molar-refractivity contribution in [1.29, 1.82) is 0 Å². The van der Waals surface area contributed by atoms with E-state index >= 15 is 0 Å². The molecule has 4 nitrogen and oxygen atoms in total. The molecular formula is C19H29NO3S. The summed E-state index contributed by atoms with van der Waals surface area (Å²) in [4.78, 5) is 3.55. The minimum atomic E-state index is -0.417. The third-order valence-corrected chi connectivity index (χ3v) is 6.45. The number of hydrogen-bond acceptors (Lipinski definition) is 5. The van der Waals surface area contributed by atoms with Gasteiger partial charge in [-0.25, -0.2) is 0 Å². The molecule has 2 atom stereocenters. The van der Waals surface area contributed by atoms with Gasteiger partial charge in [-0.1, -0.05) is 12.8 Å². The monoisotopic (exact) mass is 351 g/mol. The highest BCUT2D eigenvalue weighted by molar-refractivity contribution is 7.98. The van der Waals surface area contributed by atoms with E-state index in [1.165, 1.54) is 12.8 Å². The van der Waals surface area contributed by atoms with E-state index in [1.54, 1.807) is 26.0 Å². The Morgan fingerprint density at radius 3 is 2.71 bits per heavy atom. The van der Waals surface area contributed by atoms with E-state index in [0.29, 0.717) is 5.92 Å². The van der Waals surface area contributed by atoms with Gasteiger partial charge in [0.25, 0.3) is 0 Å². The Hall–Kier alpha value is -0.910. The number of methoxy groups -OCH3 is 2. The molecule has 1 N–H and O–H groups in total. The number of thioether (sulfide) groups is 1. The highest BCUT2D eigenvalue weighted by Crippen LogP contribution is 2.41. The number of likely N-dealkylation sites (tertiary alicyclic amines) is 1. The molecule has 0 unspecified atom stereocenters. The lowest BCUT2D eigenvalue weighted by Gasteiger charge is -2.47. The maximum atomic E-state index is 10.9. The first-order valence-corrected chi connectivity index (χ1v) is 10.1. The number of piperidine rings is 1. The number of nitrogens with zero attached hydrogens (tertiary/aromatic N) is 1. The molecule has 1 aromatic carbocycles. The van der Waals surface area contributed by atoms with Crippen LogP contribution in [0, 0.1) is 5.92 Å². The Morgan fingerprint density at radius 2 is 2.00 bits per heavy atom. The molecule has 1 aliphatic carbocycles. The summed E-state index contributed by atoms with van der Waals surface area (Å²) in [5.41, 5.74) is 0.743. The first-order valence-electron chi connectivity index (χ1n) is 8.83. The number of ether oxygens (including phenoxy) is 2. The molecule has 1 aliphatic heterocycles. The van der Waals surface area contributed by atoms with E-state index in [4.69, 9.17) is 9.47 Å². The second-order valence-corrected chi connectivity index (χ2v) is 7.90. The van der Waals surface area contributed by atoms with Crippen LogP contribution in [-0.2, 0) is 6.54 Å². The molecule has 1 heterocycles. The first kappa shape index (κ1) is 17.9. The zero-order chi connectivity index (χ0) is 17.2. The standard InChI is InChI=1S/C19H29NO3S/c1-22-16-11-18(24-3)17(23-2)10-14(16)12-20-9-8-19(21)7-5-4-6-15(19)13-20/h10-11,15,21H,4-9,12-13H2,1-3H3/t15-,19-/m0/s1. The molecule has 0 amide bonds. The Labute approximate surface area is 149 Å². The van der Waals surface area contributed by atoms with Gasteiger partial charge < -0.3 is 14.6 Å². The van der Waals surface area contributed by atoms with Gasteiger partial charge >= 0.3 is 0 Å². The van der Waals surface area contributed by atoms with Gasteiger partial charge in [0.1, 0.15) is 11.5 Å². The fraction of sp³-hybridized carbons (Fsp3) is 0.684. The molecule has 1 saturated carbocycles. The fourth-order valence-corrected chi connectivity index (χ4v) is 4.81. The lowest BCUT2D eigenvalue weighted by molar-refractivity contribution is -0.0968. The van der Waals surface area contributed by atoms with E-state index in [1.807, 2.05) is 6.26 Å². The molecule has 134 valence electrons. The van der Waals surface area contributed by atoms with Gasteiger partial charge in [-0.3, -0.25) is 4.90 Å². The second-order valence-electron chi connectivity index (χ2n) is 7.05. The van der Waals surface area contributed by atoms with E-state index in [0.717, 1.165) is 60.9 Å². The lowest BCUT2D eigenvalue weighted by Crippen LogP contribution is -2.52. The number of rotatable bonds is 5. The maximum absolute atomic E-state index is 10.9. The summed E-state index contributed by atoms with van der Waals surface area (Å²) in [6, 6.07) is 4.17. The highest BCUT2D eigenvalue weighted by Gasteiger charge is 2.42. The van der Waals surface area contributed by atoms with Gasteiger partial charge in [0.05, 0.1) is 24.7 Å². The summed E-state index contributed by atoms with van der Waals surface area (Å²) in [6.07, 6.45) is 7.49. The van der Waals surface area contributed by atoms with Gasteiger partial charge in [-0.05, 0) is 37.7 Å². The Kier molecular flexibility index (Phi) is 5.63. The van der Waals surface area contributed by atoms with Crippen molar-refractivity contribution in [3.05, 3.63) is 17.7 Å². The number of benzene rings is 1. The summed E-state index contributed by atoms with van der Waals surface area (Å²) in [7, 11) is 3.44. The second kappa shape index (κ2) is 7.54. The van der Waals surface area contributed by atoms with Crippen LogP contribution in [0.2, 0.25) is 0 Å². The van der Waals surface area contributed by atoms with Crippen LogP contribution in [-0.4, -0.2) is 49.2 Å². The summed E-state index contributed by atoms with van der Waals surface area (Å²) < 4.78 is 11.1. The minimum Gasteiger partial charge on any atom is -0.496 e. The van der Waals surface area contributed by atoms with Crippen LogP contribution in [0.3, 0.4) is 0 Å². The Bertz CT molecular complexity index is 580. The molecule has 2 fully saturated rings. The lowest BCUT2D eigenvalue weighted by atomic mass is 9.71. The van der Waals surface area contributed by atoms with Crippen molar-refractivity contribution >= 4 is 11.8 Å². The van der Waals surface area contributed by atoms with Crippen molar-refractivity contribution in [2.75, 3.05) is 33.6 Å². The number of fused-ring (bicyclic) bond motifs is 1. The van der Waals surface area contributed by atoms with Crippen LogP contribution in [0.5, 0.6) is 11.5 Å². The van der Waals surface area contributed by atoms with Crippen LogP contribution in [0.25, 0.3) is 0 Å². The van der Waals surface area contributed by atoms with Gasteiger partial charge in [-0.2, -0.15) is 0 Å². The van der Waals surface area contributed by atoms with Crippen molar-refractivity contribution in [3.63, 3.8) is 0 Å². The van der Waals surface area contributed by atoms with Crippen LogP contribution in [0.15, 0.2) is 17.0 Å². The summed E-state index contributed by atoms with van der Waals surface area (Å²) in [6.45, 7) is 2.77. The highest BCUT2D eigenvalue weighted by atomic mass is 32.2. The quantitative estimate of drug-likeness (QED) is 0.822. The van der Waals surface area contributed by atoms with Crippen molar-refractivity contribution in [3.8, 4) is 11.5 Å². The molecule has 2 aliphatic rings. The summed E-state index contributed by atoms with van der Waals surface area (Å²) in [5, 5.41) is 10.9. The molecule has 5 heteroatoms. The minimum absolute atomic E-state index is 0.415. The predicted molar refractivity (Wildman–Crippen MR) is 98.1 cm³/mol. The number of aliphatic hydroxyl groups is 1. The zero-order valence-corrected chi connectivity index (χ0v) is 15.8. The molecule has 1 saturated heterocycles. The third-order valence-electron chi connectivity index (χ3n) is 5.69. The van der Waals surface area contributed by atoms with Crippen molar-refractivity contribution in [2.45, 2.75) is 49.1 Å². The summed E-state index contributed by atoms with van der Waals surface area (Å²) in [5.74, 6) is 2.24. The van der Waals surface area contributed by atoms with Crippen LogP contribution in [0.1, 0.15) is 37.7 Å². The number of hydrogen-bond donors (Lipinski definition) is 1. The molecule has 3 rings (SSSR count). The van der Waals surface area contributed by atoms with Crippen LogP contribution >= 0.6 is 11.8 Å². The van der Waals surface area contributed by atoms with Crippen molar-refractivity contribution in [2.24, 2.45) is 5.92 Å². The van der Waals surface area contributed by atoms with Gasteiger partial charge in [0.2, 0.25) is 0 Å². The van der Waals surface area contributed by atoms with E-state index in [9.17, 15) is 5.11 Å². The van der Waals surface area contributed by atoms with Crippen molar-refractivity contribution in [1.82, 2.24) is 4.90 Å². The molecule has 0 spiro atoms. The molecular weight excluding hydrogens is 322 g/mol. The largest absolute Gasteiger partial charge is 0.496 e. The third kappa shape index (κ3) is 3.53. The van der Waals surface area contributed by atoms with E-state index < -0.39 is 5.60 Å². The predicted octanol–water partition coefficient (Wildman–Crippen LogP) is 3.55. The van der Waals surface area contributed by atoms with Gasteiger partial charge in [0.15, 0.2) is 0 Å². The average Bonchev–Trinajstić information content (AvgIpc) is 2.61. The summed E-state index contributed by atoms with van der Waals surface area (Å²) >= 11 is 1.67. The zero-order valence-electron chi connectivity index (χ0n) is 15.0. The van der Waals surface area contributed by atoms with E-state index in [2.05, 4.69) is 17.0 Å². The van der Waals surface area contributed by atoms with Gasteiger partial charge in [0, 0.05) is 31.1 Å². The molecule has 1 aromatic rings. The fourth-order valence-electron chi connectivity index (χ4n) is 4.24. The van der Waals surface area contributed by atoms with Crippen LogP contribution in [0.4, 0.5) is 0 Å². The van der Waals surface area contributed by atoms with E-state index in [-0.39, 0.29) is 0 Å². The first-order chi connectivity index (χ1) is 11.6. The molecule has 0 bridgehead atoms. The van der Waals surface area contributed by atoms with Crippen molar-refractivity contribution < 1.29 is 14.6 Å². The van der Waals surface area contributed by atoms with Crippen LogP contribution < -0.4 is 9.47 Å². The SMILES string of the molecule is COc1cc(SC)c(OC)cc1CN1CC[C@@]2(O)CCCC[C@H]2C1. The smallest absolute Gasteiger partial charge is 0.132 e. The Morgan fingerprint density at radius 1 is 1.21 bits per heavy atom.